The van der Waals surface area contributed by atoms with Crippen LogP contribution < -0.4 is 25.1 Å². The third kappa shape index (κ3) is 4.20. The van der Waals surface area contributed by atoms with E-state index in [-0.39, 0.29) is 11.3 Å². The molecular weight excluding hydrogens is 446 g/mol. The lowest BCUT2D eigenvalue weighted by Gasteiger charge is -2.15. The lowest BCUT2D eigenvalue weighted by atomic mass is 10.1. The van der Waals surface area contributed by atoms with Crippen LogP contribution in [0.3, 0.4) is 0 Å². The zero-order chi connectivity index (χ0) is 23.5. The molecule has 1 amide bonds. The zero-order valence-electron chi connectivity index (χ0n) is 18.1. The number of aromatic nitrogens is 2. The molecule has 0 unspecified atom stereocenters. The van der Waals surface area contributed by atoms with E-state index < -0.39 is 5.91 Å². The number of carbonyl (C=O) groups excluding carboxylic acids is 1. The standard InChI is InChI=1S/C24H20ClN3O5/c1-31-19-12-15(13-20(32-2)22(19)33-3)26-23(29)21-17-6-4-5-7-18(17)24(30)28(27-21)16-10-8-14(25)9-11-16/h4-13H,1-3H3,(H,26,29). The van der Waals surface area contributed by atoms with E-state index in [1.807, 2.05) is 0 Å². The predicted molar refractivity (Wildman–Crippen MR) is 126 cm³/mol. The highest BCUT2D eigenvalue weighted by molar-refractivity contribution is 6.30. The number of carbonyl (C=O) groups is 1. The monoisotopic (exact) mass is 465 g/mol. The fraction of sp³-hybridized carbons (Fsp3) is 0.125. The van der Waals surface area contributed by atoms with Gasteiger partial charge in [0.1, 0.15) is 0 Å². The van der Waals surface area contributed by atoms with Gasteiger partial charge in [0, 0.05) is 28.2 Å². The summed E-state index contributed by atoms with van der Waals surface area (Å²) in [7, 11) is 4.47. The van der Waals surface area contributed by atoms with Crippen LogP contribution in [0.2, 0.25) is 5.02 Å². The van der Waals surface area contributed by atoms with E-state index in [0.717, 1.165) is 0 Å². The van der Waals surface area contributed by atoms with Gasteiger partial charge in [-0.3, -0.25) is 9.59 Å². The predicted octanol–water partition coefficient (Wildman–Crippen LogP) is 4.32. The van der Waals surface area contributed by atoms with Crippen LogP contribution in [0, 0.1) is 0 Å². The number of amides is 1. The molecule has 3 aromatic carbocycles. The Bertz CT molecular complexity index is 1370. The molecule has 33 heavy (non-hydrogen) atoms. The van der Waals surface area contributed by atoms with Crippen molar-refractivity contribution in [2.75, 3.05) is 26.6 Å². The second-order valence-electron chi connectivity index (χ2n) is 6.96. The first kappa shape index (κ1) is 22.2. The highest BCUT2D eigenvalue weighted by Gasteiger charge is 2.20. The van der Waals surface area contributed by atoms with Gasteiger partial charge in [-0.05, 0) is 30.3 Å². The fourth-order valence-corrected chi connectivity index (χ4v) is 3.58. The number of hydrogen-bond donors (Lipinski definition) is 1. The first-order valence-electron chi connectivity index (χ1n) is 9.86. The molecule has 0 radical (unpaired) electrons. The summed E-state index contributed by atoms with van der Waals surface area (Å²) in [5.41, 5.74) is 0.618. The van der Waals surface area contributed by atoms with Crippen molar-refractivity contribution in [3.8, 4) is 22.9 Å². The van der Waals surface area contributed by atoms with Crippen LogP contribution in [0.1, 0.15) is 10.5 Å². The third-order valence-corrected chi connectivity index (χ3v) is 5.27. The first-order valence-corrected chi connectivity index (χ1v) is 10.2. The van der Waals surface area contributed by atoms with Crippen molar-refractivity contribution in [1.29, 1.82) is 0 Å². The molecule has 168 valence electrons. The van der Waals surface area contributed by atoms with Gasteiger partial charge in [0.05, 0.1) is 32.4 Å². The summed E-state index contributed by atoms with van der Waals surface area (Å²) in [6.45, 7) is 0. The van der Waals surface area contributed by atoms with E-state index in [1.165, 1.54) is 26.0 Å². The van der Waals surface area contributed by atoms with E-state index in [0.29, 0.717) is 44.4 Å². The number of anilines is 1. The Morgan fingerprint density at radius 1 is 0.909 bits per heavy atom. The average Bonchev–Trinajstić information content (AvgIpc) is 2.84. The molecule has 4 rings (SSSR count). The molecule has 8 nitrogen and oxygen atoms in total. The van der Waals surface area contributed by atoms with Crippen molar-refractivity contribution in [1.82, 2.24) is 9.78 Å². The number of rotatable bonds is 6. The van der Waals surface area contributed by atoms with E-state index in [9.17, 15) is 9.59 Å². The molecule has 1 aromatic heterocycles. The molecule has 0 atom stereocenters. The number of fused-ring (bicyclic) bond motifs is 1. The van der Waals surface area contributed by atoms with Gasteiger partial charge in [-0.2, -0.15) is 9.78 Å². The Labute approximate surface area is 194 Å². The summed E-state index contributed by atoms with van der Waals surface area (Å²) in [6, 6.07) is 16.6. The molecule has 0 aliphatic carbocycles. The summed E-state index contributed by atoms with van der Waals surface area (Å²) < 4.78 is 17.2. The molecular formula is C24H20ClN3O5. The summed E-state index contributed by atoms with van der Waals surface area (Å²) >= 11 is 5.98. The van der Waals surface area contributed by atoms with Crippen LogP contribution >= 0.6 is 11.6 Å². The minimum Gasteiger partial charge on any atom is -0.493 e. The fourth-order valence-electron chi connectivity index (χ4n) is 3.46. The molecule has 4 aromatic rings. The molecule has 9 heteroatoms. The number of halogens is 1. The number of methoxy groups -OCH3 is 3. The number of hydrogen-bond acceptors (Lipinski definition) is 6. The van der Waals surface area contributed by atoms with Crippen molar-refractivity contribution >= 4 is 34.0 Å². The zero-order valence-corrected chi connectivity index (χ0v) is 18.8. The summed E-state index contributed by atoms with van der Waals surface area (Å²) in [5, 5.41) is 8.49. The molecule has 1 N–H and O–H groups in total. The molecule has 1 heterocycles. The van der Waals surface area contributed by atoms with Gasteiger partial charge in [-0.1, -0.05) is 29.8 Å². The van der Waals surface area contributed by atoms with Gasteiger partial charge >= 0.3 is 0 Å². The summed E-state index contributed by atoms with van der Waals surface area (Å²) in [6.07, 6.45) is 0. The average molecular weight is 466 g/mol. The molecule has 0 aliphatic heterocycles. The van der Waals surface area contributed by atoms with Crippen molar-refractivity contribution in [2.24, 2.45) is 0 Å². The van der Waals surface area contributed by atoms with Crippen LogP contribution in [0.15, 0.2) is 65.5 Å². The van der Waals surface area contributed by atoms with Gasteiger partial charge in [0.25, 0.3) is 11.5 Å². The molecule has 0 saturated heterocycles. The van der Waals surface area contributed by atoms with Crippen molar-refractivity contribution in [3.63, 3.8) is 0 Å². The first-order chi connectivity index (χ1) is 16.0. The quantitative estimate of drug-likeness (QED) is 0.456. The van der Waals surface area contributed by atoms with Crippen LogP contribution in [0.25, 0.3) is 16.5 Å². The van der Waals surface area contributed by atoms with E-state index in [1.54, 1.807) is 60.7 Å². The van der Waals surface area contributed by atoms with Crippen LogP contribution in [-0.2, 0) is 0 Å². The van der Waals surface area contributed by atoms with E-state index in [2.05, 4.69) is 10.4 Å². The maximum Gasteiger partial charge on any atom is 0.279 e. The second kappa shape index (κ2) is 9.22. The smallest absolute Gasteiger partial charge is 0.279 e. The number of nitrogens with one attached hydrogen (secondary N) is 1. The molecule has 0 aliphatic rings. The largest absolute Gasteiger partial charge is 0.493 e. The number of ether oxygens (including phenoxy) is 3. The Morgan fingerprint density at radius 3 is 2.09 bits per heavy atom. The Hall–Kier alpha value is -4.04. The lowest BCUT2D eigenvalue weighted by Crippen LogP contribution is -2.26. The SMILES string of the molecule is COc1cc(NC(=O)c2nn(-c3ccc(Cl)cc3)c(=O)c3ccccc23)cc(OC)c1OC. The molecule has 0 spiro atoms. The molecule has 0 saturated carbocycles. The number of nitrogens with zero attached hydrogens (tertiary/aromatic N) is 2. The van der Waals surface area contributed by atoms with Crippen LogP contribution in [0.4, 0.5) is 5.69 Å². The summed E-state index contributed by atoms with van der Waals surface area (Å²) in [5.74, 6) is 0.660. The van der Waals surface area contributed by atoms with Crippen molar-refractivity contribution < 1.29 is 19.0 Å². The molecule has 0 fully saturated rings. The van der Waals surface area contributed by atoms with E-state index in [4.69, 9.17) is 25.8 Å². The highest BCUT2D eigenvalue weighted by Crippen LogP contribution is 2.40. The van der Waals surface area contributed by atoms with E-state index >= 15 is 0 Å². The second-order valence-corrected chi connectivity index (χ2v) is 7.39. The minimum atomic E-state index is -0.511. The van der Waals surface area contributed by atoms with Gasteiger partial charge in [0.2, 0.25) is 5.75 Å². The van der Waals surface area contributed by atoms with Gasteiger partial charge in [-0.15, -0.1) is 0 Å². The minimum absolute atomic E-state index is 0.0777. The maximum absolute atomic E-state index is 13.3. The van der Waals surface area contributed by atoms with Gasteiger partial charge in [0.15, 0.2) is 17.2 Å². The van der Waals surface area contributed by atoms with Crippen LogP contribution in [0.5, 0.6) is 17.2 Å². The number of benzene rings is 3. The van der Waals surface area contributed by atoms with Crippen molar-refractivity contribution in [2.45, 2.75) is 0 Å². The highest BCUT2D eigenvalue weighted by atomic mass is 35.5. The lowest BCUT2D eigenvalue weighted by molar-refractivity contribution is 0.102. The topological polar surface area (TPSA) is 91.7 Å². The molecule has 0 bridgehead atoms. The maximum atomic E-state index is 13.3. The van der Waals surface area contributed by atoms with Gasteiger partial charge in [-0.25, -0.2) is 0 Å². The van der Waals surface area contributed by atoms with Gasteiger partial charge < -0.3 is 19.5 Å². The normalized spacial score (nSPS) is 10.7. The van der Waals surface area contributed by atoms with Crippen LogP contribution in [-0.4, -0.2) is 37.0 Å². The third-order valence-electron chi connectivity index (χ3n) is 5.01. The Balaban J connectivity index is 1.83. The Kier molecular flexibility index (Phi) is 6.19. The summed E-state index contributed by atoms with van der Waals surface area (Å²) in [4.78, 5) is 26.4. The Morgan fingerprint density at radius 2 is 1.52 bits per heavy atom. The van der Waals surface area contributed by atoms with Crippen molar-refractivity contribution in [3.05, 3.63) is 81.7 Å².